The summed E-state index contributed by atoms with van der Waals surface area (Å²) in [6.07, 6.45) is 1.90. The van der Waals surface area contributed by atoms with Crippen LogP contribution in [0.2, 0.25) is 0 Å². The molecule has 1 atom stereocenters. The molecule has 0 amide bonds. The molecule has 0 saturated carbocycles. The lowest BCUT2D eigenvalue weighted by molar-refractivity contribution is -0.138. The maximum Gasteiger partial charge on any atom is 0.326 e. The SMILES string of the molecule is COCCC(Nc1cccnn1)C(=O)O. The Bertz CT molecular complexity index is 305. The summed E-state index contributed by atoms with van der Waals surface area (Å²) in [6.45, 7) is 0.379. The normalized spacial score (nSPS) is 12.1. The number of rotatable bonds is 6. The maximum atomic E-state index is 10.8. The molecule has 0 bridgehead atoms. The summed E-state index contributed by atoms with van der Waals surface area (Å²) in [7, 11) is 1.53. The van der Waals surface area contributed by atoms with Crippen LogP contribution in [0.4, 0.5) is 5.82 Å². The summed E-state index contributed by atoms with van der Waals surface area (Å²) in [5.41, 5.74) is 0. The lowest BCUT2D eigenvalue weighted by Crippen LogP contribution is -2.30. The Kier molecular flexibility index (Phi) is 4.49. The van der Waals surface area contributed by atoms with E-state index in [9.17, 15) is 4.79 Å². The van der Waals surface area contributed by atoms with Gasteiger partial charge in [-0.25, -0.2) is 4.79 Å². The van der Waals surface area contributed by atoms with E-state index in [1.165, 1.54) is 13.3 Å². The van der Waals surface area contributed by atoms with Crippen molar-refractivity contribution in [2.45, 2.75) is 12.5 Å². The minimum Gasteiger partial charge on any atom is -0.480 e. The first kappa shape index (κ1) is 11.4. The molecular weight excluding hydrogens is 198 g/mol. The first-order chi connectivity index (χ1) is 7.24. The molecule has 0 saturated heterocycles. The van der Waals surface area contributed by atoms with Crippen LogP contribution >= 0.6 is 0 Å². The van der Waals surface area contributed by atoms with Crippen LogP contribution in [0.25, 0.3) is 0 Å². The van der Waals surface area contributed by atoms with E-state index in [1.54, 1.807) is 12.1 Å². The van der Waals surface area contributed by atoms with Crippen LogP contribution in [-0.4, -0.2) is 41.0 Å². The second-order valence-corrected chi connectivity index (χ2v) is 2.93. The van der Waals surface area contributed by atoms with Gasteiger partial charge in [0.2, 0.25) is 0 Å². The molecule has 0 spiro atoms. The third-order valence-electron chi connectivity index (χ3n) is 1.80. The Morgan fingerprint density at radius 1 is 1.73 bits per heavy atom. The zero-order valence-electron chi connectivity index (χ0n) is 8.38. The highest BCUT2D eigenvalue weighted by Crippen LogP contribution is 2.04. The second kappa shape index (κ2) is 5.92. The van der Waals surface area contributed by atoms with Crippen LogP contribution in [0, 0.1) is 0 Å². The molecular formula is C9H13N3O3. The molecule has 1 unspecified atom stereocenters. The van der Waals surface area contributed by atoms with E-state index in [1.807, 2.05) is 0 Å². The van der Waals surface area contributed by atoms with Crippen molar-refractivity contribution >= 4 is 11.8 Å². The number of hydrogen-bond donors (Lipinski definition) is 2. The summed E-state index contributed by atoms with van der Waals surface area (Å²) in [5.74, 6) is -0.487. The summed E-state index contributed by atoms with van der Waals surface area (Å²) in [5, 5.41) is 19.0. The molecule has 6 nitrogen and oxygen atoms in total. The Morgan fingerprint density at radius 2 is 2.53 bits per heavy atom. The predicted molar refractivity (Wildman–Crippen MR) is 53.6 cm³/mol. The van der Waals surface area contributed by atoms with Gasteiger partial charge >= 0.3 is 5.97 Å². The highest BCUT2D eigenvalue weighted by molar-refractivity contribution is 5.76. The molecule has 0 radical (unpaired) electrons. The number of anilines is 1. The van der Waals surface area contributed by atoms with Crippen LogP contribution in [0.1, 0.15) is 6.42 Å². The highest BCUT2D eigenvalue weighted by atomic mass is 16.5. The summed E-state index contributed by atoms with van der Waals surface area (Å²) in [4.78, 5) is 10.8. The van der Waals surface area contributed by atoms with Gasteiger partial charge in [0, 0.05) is 26.3 Å². The number of methoxy groups -OCH3 is 1. The molecule has 0 fully saturated rings. The zero-order valence-corrected chi connectivity index (χ0v) is 8.38. The first-order valence-corrected chi connectivity index (χ1v) is 4.50. The van der Waals surface area contributed by atoms with Crippen LogP contribution in [-0.2, 0) is 9.53 Å². The van der Waals surface area contributed by atoms with Crippen molar-refractivity contribution in [3.63, 3.8) is 0 Å². The third-order valence-corrected chi connectivity index (χ3v) is 1.80. The van der Waals surface area contributed by atoms with E-state index in [0.29, 0.717) is 18.8 Å². The number of aliphatic carboxylic acids is 1. The number of carboxylic acid groups (broad SMARTS) is 1. The third kappa shape index (κ3) is 3.90. The fourth-order valence-corrected chi connectivity index (χ4v) is 1.05. The van der Waals surface area contributed by atoms with Crippen molar-refractivity contribution in [1.29, 1.82) is 0 Å². The number of aromatic nitrogens is 2. The Labute approximate surface area is 87.3 Å². The van der Waals surface area contributed by atoms with E-state index in [0.717, 1.165) is 0 Å². The molecule has 15 heavy (non-hydrogen) atoms. The Morgan fingerprint density at radius 3 is 3.07 bits per heavy atom. The fraction of sp³-hybridized carbons (Fsp3) is 0.444. The predicted octanol–water partition coefficient (Wildman–Crippen LogP) is 0.378. The largest absolute Gasteiger partial charge is 0.480 e. The van der Waals surface area contributed by atoms with Gasteiger partial charge in [-0.05, 0) is 12.1 Å². The number of carbonyl (C=O) groups is 1. The second-order valence-electron chi connectivity index (χ2n) is 2.93. The highest BCUT2D eigenvalue weighted by Gasteiger charge is 2.16. The molecule has 1 aromatic heterocycles. The van der Waals surface area contributed by atoms with E-state index in [2.05, 4.69) is 15.5 Å². The van der Waals surface area contributed by atoms with Crippen molar-refractivity contribution in [2.24, 2.45) is 0 Å². The summed E-state index contributed by atoms with van der Waals surface area (Å²) >= 11 is 0. The van der Waals surface area contributed by atoms with Crippen molar-refractivity contribution in [2.75, 3.05) is 19.0 Å². The van der Waals surface area contributed by atoms with Crippen molar-refractivity contribution in [3.8, 4) is 0 Å². The topological polar surface area (TPSA) is 84.3 Å². The van der Waals surface area contributed by atoms with Crippen LogP contribution < -0.4 is 5.32 Å². The lowest BCUT2D eigenvalue weighted by Gasteiger charge is -2.13. The molecule has 1 heterocycles. The molecule has 0 aliphatic rings. The monoisotopic (exact) mass is 211 g/mol. The molecule has 1 rings (SSSR count). The summed E-state index contributed by atoms with van der Waals surface area (Å²) in [6, 6.07) is 2.64. The van der Waals surface area contributed by atoms with Gasteiger partial charge < -0.3 is 15.2 Å². The van der Waals surface area contributed by atoms with E-state index in [-0.39, 0.29) is 0 Å². The zero-order chi connectivity index (χ0) is 11.1. The summed E-state index contributed by atoms with van der Waals surface area (Å²) < 4.78 is 4.82. The van der Waals surface area contributed by atoms with Gasteiger partial charge in [0.25, 0.3) is 0 Å². The van der Waals surface area contributed by atoms with Crippen molar-refractivity contribution in [1.82, 2.24) is 10.2 Å². The Hall–Kier alpha value is -1.69. The average molecular weight is 211 g/mol. The van der Waals surface area contributed by atoms with Gasteiger partial charge in [0.1, 0.15) is 11.9 Å². The van der Waals surface area contributed by atoms with Gasteiger partial charge in [-0.15, -0.1) is 5.10 Å². The molecule has 0 aromatic carbocycles. The average Bonchev–Trinajstić information content (AvgIpc) is 2.25. The molecule has 0 aliphatic carbocycles. The number of nitrogens with one attached hydrogen (secondary N) is 1. The number of nitrogens with zero attached hydrogens (tertiary/aromatic N) is 2. The van der Waals surface area contributed by atoms with Gasteiger partial charge in [0.05, 0.1) is 0 Å². The van der Waals surface area contributed by atoms with Crippen molar-refractivity contribution in [3.05, 3.63) is 18.3 Å². The molecule has 6 heteroatoms. The van der Waals surface area contributed by atoms with E-state index in [4.69, 9.17) is 9.84 Å². The minimum atomic E-state index is -0.933. The minimum absolute atomic E-state index is 0.377. The number of hydrogen-bond acceptors (Lipinski definition) is 5. The van der Waals surface area contributed by atoms with Gasteiger partial charge in [-0.1, -0.05) is 0 Å². The number of ether oxygens (including phenoxy) is 1. The molecule has 1 aromatic rings. The smallest absolute Gasteiger partial charge is 0.326 e. The lowest BCUT2D eigenvalue weighted by atomic mass is 10.2. The van der Waals surface area contributed by atoms with E-state index >= 15 is 0 Å². The van der Waals surface area contributed by atoms with Crippen LogP contribution in [0.3, 0.4) is 0 Å². The molecule has 0 aliphatic heterocycles. The van der Waals surface area contributed by atoms with Gasteiger partial charge in [-0.3, -0.25) is 0 Å². The quantitative estimate of drug-likeness (QED) is 0.707. The molecule has 2 N–H and O–H groups in total. The first-order valence-electron chi connectivity index (χ1n) is 4.50. The maximum absolute atomic E-state index is 10.8. The Balaban J connectivity index is 2.55. The van der Waals surface area contributed by atoms with Crippen LogP contribution in [0.5, 0.6) is 0 Å². The standard InChI is InChI=1S/C9H13N3O3/c1-15-6-4-7(9(13)14)11-8-3-2-5-10-12-8/h2-3,5,7H,4,6H2,1H3,(H,11,12)(H,13,14). The van der Waals surface area contributed by atoms with E-state index < -0.39 is 12.0 Å². The van der Waals surface area contributed by atoms with Crippen molar-refractivity contribution < 1.29 is 14.6 Å². The molecule has 82 valence electrons. The van der Waals surface area contributed by atoms with Crippen LogP contribution in [0.15, 0.2) is 18.3 Å². The van der Waals surface area contributed by atoms with Gasteiger partial charge in [0.15, 0.2) is 0 Å². The fourth-order valence-electron chi connectivity index (χ4n) is 1.05. The number of carboxylic acids is 1. The van der Waals surface area contributed by atoms with Gasteiger partial charge in [-0.2, -0.15) is 5.10 Å².